The second-order valence-electron chi connectivity index (χ2n) is 8.04. The van der Waals surface area contributed by atoms with Crippen LogP contribution >= 0.6 is 0 Å². The first-order valence-electron chi connectivity index (χ1n) is 9.15. The van der Waals surface area contributed by atoms with E-state index in [1.165, 1.54) is 24.9 Å². The van der Waals surface area contributed by atoms with Crippen molar-refractivity contribution in [2.75, 3.05) is 0 Å². The lowest BCUT2D eigenvalue weighted by atomic mass is 10.2. The molecule has 0 amide bonds. The minimum atomic E-state index is -1.48. The van der Waals surface area contributed by atoms with E-state index in [9.17, 15) is 0 Å². The number of hydrogen-bond donors (Lipinski definition) is 0. The average molecular weight is 349 g/mol. The van der Waals surface area contributed by atoms with Crippen molar-refractivity contribution in [1.82, 2.24) is 0 Å². The van der Waals surface area contributed by atoms with E-state index >= 15 is 0 Å². The third kappa shape index (κ3) is 3.74. The van der Waals surface area contributed by atoms with Crippen molar-refractivity contribution in [2.45, 2.75) is 51.0 Å². The van der Waals surface area contributed by atoms with E-state index in [1.54, 1.807) is 15.9 Å². The maximum Gasteiger partial charge on any atom is 0.129 e. The topological polar surface area (TPSA) is 0 Å². The molecule has 1 unspecified atom stereocenters. The van der Waals surface area contributed by atoms with E-state index in [0.717, 1.165) is 6.42 Å². The van der Waals surface area contributed by atoms with Gasteiger partial charge in [-0.3, -0.25) is 0 Å². The molecule has 1 aliphatic rings. The van der Waals surface area contributed by atoms with Crippen molar-refractivity contribution >= 4 is 26.5 Å². The van der Waals surface area contributed by atoms with E-state index < -0.39 is 16.1 Å². The van der Waals surface area contributed by atoms with Crippen molar-refractivity contribution in [3.63, 3.8) is 0 Å². The van der Waals surface area contributed by atoms with Crippen LogP contribution in [0.3, 0.4) is 0 Å². The highest BCUT2D eigenvalue weighted by atomic mass is 28.3. The number of rotatable bonds is 5. The summed E-state index contributed by atoms with van der Waals surface area (Å²) in [5.74, 6) is 3.43. The molecule has 2 aromatic carbocycles. The molecule has 0 N–H and O–H groups in total. The van der Waals surface area contributed by atoms with Gasteiger partial charge in [0.15, 0.2) is 0 Å². The first kappa shape index (κ1) is 17.3. The van der Waals surface area contributed by atoms with E-state index in [2.05, 4.69) is 85.7 Å². The van der Waals surface area contributed by atoms with Crippen molar-refractivity contribution in [3.05, 3.63) is 60.2 Å². The molecule has 124 valence electrons. The molecule has 0 spiro atoms. The van der Waals surface area contributed by atoms with E-state index in [-0.39, 0.29) is 0 Å². The Morgan fingerprint density at radius 2 is 1.62 bits per heavy atom. The van der Waals surface area contributed by atoms with Gasteiger partial charge >= 0.3 is 0 Å². The van der Waals surface area contributed by atoms with Crippen molar-refractivity contribution in [1.29, 1.82) is 0 Å². The molecule has 0 radical (unpaired) electrons. The zero-order valence-electron chi connectivity index (χ0n) is 15.2. The van der Waals surface area contributed by atoms with Crippen LogP contribution in [0.2, 0.25) is 25.7 Å². The fraction of sp³-hybridized carbons (Fsp3) is 0.364. The summed E-state index contributed by atoms with van der Waals surface area (Å²) >= 11 is 0. The van der Waals surface area contributed by atoms with Crippen LogP contribution in [0.25, 0.3) is 0 Å². The van der Waals surface area contributed by atoms with Gasteiger partial charge < -0.3 is 0 Å². The summed E-state index contributed by atoms with van der Waals surface area (Å²) in [6, 6.07) is 23.1. The van der Waals surface area contributed by atoms with Crippen LogP contribution < -0.4 is 10.4 Å². The Morgan fingerprint density at radius 1 is 0.917 bits per heavy atom. The van der Waals surface area contributed by atoms with Crippen LogP contribution in [-0.2, 0) is 6.04 Å². The fourth-order valence-electron chi connectivity index (χ4n) is 3.80. The van der Waals surface area contributed by atoms with Crippen LogP contribution in [0.5, 0.6) is 0 Å². The molecule has 1 atom stereocenters. The van der Waals surface area contributed by atoms with E-state index in [1.807, 2.05) is 0 Å². The zero-order valence-corrected chi connectivity index (χ0v) is 17.2. The minimum absolute atomic E-state index is 1.07. The van der Waals surface area contributed by atoms with Gasteiger partial charge in [-0.1, -0.05) is 96.6 Å². The van der Waals surface area contributed by atoms with E-state index in [0.29, 0.717) is 0 Å². The number of fused-ring (bicyclic) bond motifs is 1. The highest BCUT2D eigenvalue weighted by molar-refractivity contribution is 7.05. The molecule has 0 aromatic heterocycles. The molecule has 0 fully saturated rings. The molecular weight excluding hydrogens is 320 g/mol. The Bertz CT molecular complexity index is 747. The van der Waals surface area contributed by atoms with Gasteiger partial charge in [-0.25, -0.2) is 0 Å². The Kier molecular flexibility index (Phi) is 5.13. The Balaban J connectivity index is 1.69. The highest BCUT2D eigenvalue weighted by Crippen LogP contribution is 2.28. The molecule has 2 aromatic rings. The third-order valence-electron chi connectivity index (χ3n) is 4.97. The van der Waals surface area contributed by atoms with Crippen LogP contribution in [0.1, 0.15) is 24.8 Å². The zero-order chi connectivity index (χ0) is 17.0. The Morgan fingerprint density at radius 3 is 2.33 bits per heavy atom. The van der Waals surface area contributed by atoms with Gasteiger partial charge in [-0.05, 0) is 18.5 Å². The fourth-order valence-corrected chi connectivity index (χ4v) is 9.44. The van der Waals surface area contributed by atoms with Gasteiger partial charge in [0.1, 0.15) is 16.1 Å². The Hall–Kier alpha value is -1.57. The largest absolute Gasteiger partial charge is 0.132 e. The number of benzene rings is 2. The Labute approximate surface area is 149 Å². The summed E-state index contributed by atoms with van der Waals surface area (Å²) in [5, 5.41) is 3.31. The first-order chi connectivity index (χ1) is 11.5. The number of hydrogen-bond acceptors (Lipinski definition) is 0. The quantitative estimate of drug-likeness (QED) is 0.427. The highest BCUT2D eigenvalue weighted by Gasteiger charge is 2.45. The molecule has 24 heavy (non-hydrogen) atoms. The van der Waals surface area contributed by atoms with Crippen molar-refractivity contribution in [3.8, 4) is 11.5 Å². The molecular formula is C22H28Si2. The summed E-state index contributed by atoms with van der Waals surface area (Å²) in [6.07, 6.45) is 3.64. The maximum absolute atomic E-state index is 3.50. The SMILES string of the molecule is C[Si](C)(C)C#CCCCC[Si]1(c2ccccc2)Cc2ccccc21. The standard InChI is InChI=1S/C22H28Si2/c1-23(2,3)17-11-4-5-12-18-24(21-14-7-6-8-15-21)19-20-13-9-10-16-22(20)24/h6-10,13-16H,4-5,12,18-19H2,1-3H3. The van der Waals surface area contributed by atoms with Gasteiger partial charge in [0.25, 0.3) is 0 Å². The lowest BCUT2D eigenvalue weighted by Gasteiger charge is -2.43. The second kappa shape index (κ2) is 7.13. The van der Waals surface area contributed by atoms with Crippen LogP contribution in [0.4, 0.5) is 0 Å². The average Bonchev–Trinajstić information content (AvgIpc) is 2.54. The van der Waals surface area contributed by atoms with Gasteiger partial charge in [-0.15, -0.1) is 11.5 Å². The molecule has 3 rings (SSSR count). The molecule has 0 saturated heterocycles. The molecule has 1 heterocycles. The molecule has 2 heteroatoms. The third-order valence-corrected chi connectivity index (χ3v) is 11.0. The maximum atomic E-state index is 3.50. The lowest BCUT2D eigenvalue weighted by molar-refractivity contribution is 0.813. The lowest BCUT2D eigenvalue weighted by Crippen LogP contribution is -2.68. The predicted octanol–water partition coefficient (Wildman–Crippen LogP) is 4.40. The monoisotopic (exact) mass is 348 g/mol. The number of unbranched alkanes of at least 4 members (excludes halogenated alkanes) is 2. The van der Waals surface area contributed by atoms with Crippen LogP contribution in [0.15, 0.2) is 54.6 Å². The second-order valence-corrected chi connectivity index (χ2v) is 16.9. The summed E-state index contributed by atoms with van der Waals surface area (Å²) < 4.78 is 0. The molecule has 0 bridgehead atoms. The normalized spacial score (nSPS) is 19.0. The summed E-state index contributed by atoms with van der Waals surface area (Å²) in [5.41, 5.74) is 5.08. The summed E-state index contributed by atoms with van der Waals surface area (Å²) in [6.45, 7) is 6.97. The van der Waals surface area contributed by atoms with Gasteiger partial charge in [-0.2, -0.15) is 0 Å². The summed E-state index contributed by atoms with van der Waals surface area (Å²) in [7, 11) is -2.68. The van der Waals surface area contributed by atoms with Gasteiger partial charge in [0.2, 0.25) is 0 Å². The van der Waals surface area contributed by atoms with Gasteiger partial charge in [0, 0.05) is 6.42 Å². The molecule has 0 nitrogen and oxygen atoms in total. The van der Waals surface area contributed by atoms with Crippen LogP contribution in [-0.4, -0.2) is 16.1 Å². The van der Waals surface area contributed by atoms with Crippen molar-refractivity contribution < 1.29 is 0 Å². The smallest absolute Gasteiger partial charge is 0.129 e. The van der Waals surface area contributed by atoms with Gasteiger partial charge in [0.05, 0.1) is 0 Å². The predicted molar refractivity (Wildman–Crippen MR) is 111 cm³/mol. The van der Waals surface area contributed by atoms with E-state index in [4.69, 9.17) is 0 Å². The van der Waals surface area contributed by atoms with Crippen LogP contribution in [0, 0.1) is 11.5 Å². The first-order valence-corrected chi connectivity index (χ1v) is 15.1. The molecule has 0 saturated carbocycles. The van der Waals surface area contributed by atoms with Crippen molar-refractivity contribution in [2.24, 2.45) is 0 Å². The molecule has 0 aliphatic carbocycles. The molecule has 1 aliphatic heterocycles. The summed E-state index contributed by atoms with van der Waals surface area (Å²) in [4.78, 5) is 0. The minimum Gasteiger partial charge on any atom is -0.132 e.